The molecule has 0 aromatic heterocycles. The number of carbonyl (C=O) groups is 1. The summed E-state index contributed by atoms with van der Waals surface area (Å²) in [6.07, 6.45) is 1.07. The number of para-hydroxylation sites is 1. The van der Waals surface area contributed by atoms with Crippen LogP contribution in [-0.4, -0.2) is 27.1 Å². The molecule has 0 aliphatic heterocycles. The van der Waals surface area contributed by atoms with Gasteiger partial charge in [0.05, 0.1) is 11.9 Å². The van der Waals surface area contributed by atoms with Gasteiger partial charge in [0.15, 0.2) is 0 Å². The minimum atomic E-state index is -3.66. The fourth-order valence-corrected chi connectivity index (χ4v) is 3.94. The van der Waals surface area contributed by atoms with E-state index in [2.05, 4.69) is 5.32 Å². The summed E-state index contributed by atoms with van der Waals surface area (Å²) in [5.74, 6) is 0.825. The van der Waals surface area contributed by atoms with E-state index in [0.717, 1.165) is 21.7 Å². The molecule has 0 radical (unpaired) electrons. The Morgan fingerprint density at radius 2 is 1.47 bits per heavy atom. The zero-order chi connectivity index (χ0) is 21.7. The van der Waals surface area contributed by atoms with Crippen LogP contribution >= 0.6 is 0 Å². The molecule has 3 aromatic rings. The normalized spacial score (nSPS) is 11.0. The molecule has 156 valence electrons. The molecule has 0 bridgehead atoms. The zero-order valence-corrected chi connectivity index (χ0v) is 17.9. The first kappa shape index (κ1) is 21.4. The van der Waals surface area contributed by atoms with E-state index >= 15 is 0 Å². The van der Waals surface area contributed by atoms with Crippen LogP contribution in [0.25, 0.3) is 0 Å². The summed E-state index contributed by atoms with van der Waals surface area (Å²) in [7, 11) is -3.66. The summed E-state index contributed by atoms with van der Waals surface area (Å²) >= 11 is 0. The number of aryl methyl sites for hydroxylation is 2. The molecule has 0 aliphatic carbocycles. The van der Waals surface area contributed by atoms with Crippen LogP contribution in [-0.2, 0) is 14.8 Å². The first-order valence-corrected chi connectivity index (χ1v) is 11.2. The summed E-state index contributed by atoms with van der Waals surface area (Å²) in [6, 6.07) is 21.5. The molecule has 3 aromatic carbocycles. The van der Waals surface area contributed by atoms with E-state index in [1.54, 1.807) is 24.3 Å². The van der Waals surface area contributed by atoms with Gasteiger partial charge in [-0.3, -0.25) is 9.10 Å². The predicted molar refractivity (Wildman–Crippen MR) is 120 cm³/mol. The maximum atomic E-state index is 12.5. The number of nitrogens with zero attached hydrogens (tertiary/aromatic N) is 1. The third kappa shape index (κ3) is 5.84. The molecule has 0 unspecified atom stereocenters. The fraction of sp³-hybridized carbons (Fsp3) is 0.174. The summed E-state index contributed by atoms with van der Waals surface area (Å²) in [4.78, 5) is 12.5. The van der Waals surface area contributed by atoms with Gasteiger partial charge in [0.2, 0.25) is 15.9 Å². The lowest BCUT2D eigenvalue weighted by Gasteiger charge is -2.22. The molecule has 7 heteroatoms. The number of anilines is 2. The van der Waals surface area contributed by atoms with Crippen molar-refractivity contribution in [3.05, 3.63) is 83.9 Å². The summed E-state index contributed by atoms with van der Waals surface area (Å²) in [6.45, 7) is 3.54. The molecule has 0 atom stereocenters. The van der Waals surface area contributed by atoms with Crippen molar-refractivity contribution in [1.82, 2.24) is 0 Å². The molecule has 0 spiro atoms. The van der Waals surface area contributed by atoms with Gasteiger partial charge in [-0.1, -0.05) is 24.3 Å². The average molecular weight is 425 g/mol. The van der Waals surface area contributed by atoms with Crippen molar-refractivity contribution in [3.63, 3.8) is 0 Å². The van der Waals surface area contributed by atoms with Crippen molar-refractivity contribution in [2.45, 2.75) is 13.8 Å². The summed E-state index contributed by atoms with van der Waals surface area (Å²) in [5, 5.41) is 2.77. The largest absolute Gasteiger partial charge is 0.457 e. The van der Waals surface area contributed by atoms with E-state index in [-0.39, 0.29) is 6.54 Å². The number of amides is 1. The van der Waals surface area contributed by atoms with Gasteiger partial charge >= 0.3 is 0 Å². The molecular weight excluding hydrogens is 400 g/mol. The summed E-state index contributed by atoms with van der Waals surface area (Å²) in [5.41, 5.74) is 3.05. The molecule has 3 rings (SSSR count). The maximum absolute atomic E-state index is 12.5. The van der Waals surface area contributed by atoms with Crippen LogP contribution in [0.5, 0.6) is 11.5 Å². The van der Waals surface area contributed by atoms with Gasteiger partial charge in [-0.15, -0.1) is 0 Å². The van der Waals surface area contributed by atoms with E-state index < -0.39 is 15.9 Å². The minimum absolute atomic E-state index is 0.329. The fourth-order valence-electron chi connectivity index (χ4n) is 3.08. The SMILES string of the molecule is Cc1cc(C)cc(NC(=O)CN(c2ccc(Oc3ccccc3)cc2)S(C)(=O)=O)c1. The highest BCUT2D eigenvalue weighted by atomic mass is 32.2. The number of sulfonamides is 1. The van der Waals surface area contributed by atoms with E-state index in [1.807, 2.05) is 62.4 Å². The van der Waals surface area contributed by atoms with Crippen LogP contribution < -0.4 is 14.4 Å². The number of carbonyl (C=O) groups excluding carboxylic acids is 1. The zero-order valence-electron chi connectivity index (χ0n) is 17.1. The Morgan fingerprint density at radius 1 is 0.900 bits per heavy atom. The van der Waals surface area contributed by atoms with Crippen molar-refractivity contribution in [1.29, 1.82) is 0 Å². The van der Waals surface area contributed by atoms with Gasteiger partial charge < -0.3 is 10.1 Å². The first-order valence-electron chi connectivity index (χ1n) is 9.39. The molecule has 0 aliphatic rings. The number of benzene rings is 3. The van der Waals surface area contributed by atoms with Crippen molar-refractivity contribution < 1.29 is 17.9 Å². The smallest absolute Gasteiger partial charge is 0.245 e. The second-order valence-corrected chi connectivity index (χ2v) is 9.01. The number of ether oxygens (including phenoxy) is 1. The molecule has 0 heterocycles. The van der Waals surface area contributed by atoms with E-state index in [9.17, 15) is 13.2 Å². The standard InChI is InChI=1S/C23H24N2O4S/c1-17-13-18(2)15-19(14-17)24-23(26)16-25(30(3,27)28)20-9-11-22(12-10-20)29-21-7-5-4-6-8-21/h4-15H,16H2,1-3H3,(H,24,26). The Morgan fingerprint density at radius 3 is 2.03 bits per heavy atom. The van der Waals surface area contributed by atoms with Crippen molar-refractivity contribution in [2.24, 2.45) is 0 Å². The lowest BCUT2D eigenvalue weighted by Crippen LogP contribution is -2.37. The summed E-state index contributed by atoms with van der Waals surface area (Å²) < 4.78 is 31.4. The van der Waals surface area contributed by atoms with Crippen LogP contribution in [0.15, 0.2) is 72.8 Å². The van der Waals surface area contributed by atoms with Crippen molar-refractivity contribution in [3.8, 4) is 11.5 Å². The Kier molecular flexibility index (Phi) is 6.42. The Bertz CT molecular complexity index is 1110. The average Bonchev–Trinajstić information content (AvgIpc) is 2.66. The number of hydrogen-bond donors (Lipinski definition) is 1. The second-order valence-electron chi connectivity index (χ2n) is 7.10. The van der Waals surface area contributed by atoms with Crippen LogP contribution in [0.1, 0.15) is 11.1 Å². The number of nitrogens with one attached hydrogen (secondary N) is 1. The molecule has 6 nitrogen and oxygen atoms in total. The molecule has 1 N–H and O–H groups in total. The Balaban J connectivity index is 1.75. The van der Waals surface area contributed by atoms with Crippen LogP contribution in [0.3, 0.4) is 0 Å². The van der Waals surface area contributed by atoms with Crippen LogP contribution in [0.4, 0.5) is 11.4 Å². The van der Waals surface area contributed by atoms with Gasteiger partial charge in [-0.25, -0.2) is 8.42 Å². The van der Waals surface area contributed by atoms with Gasteiger partial charge in [0, 0.05) is 5.69 Å². The number of hydrogen-bond acceptors (Lipinski definition) is 4. The minimum Gasteiger partial charge on any atom is -0.457 e. The van der Waals surface area contributed by atoms with Gasteiger partial charge in [-0.05, 0) is 73.5 Å². The monoisotopic (exact) mass is 424 g/mol. The maximum Gasteiger partial charge on any atom is 0.245 e. The van der Waals surface area contributed by atoms with E-state index in [0.29, 0.717) is 22.9 Å². The Hall–Kier alpha value is -3.32. The molecule has 0 saturated carbocycles. The Labute approximate surface area is 177 Å². The molecule has 1 amide bonds. The second kappa shape index (κ2) is 9.00. The molecule has 30 heavy (non-hydrogen) atoms. The van der Waals surface area contributed by atoms with E-state index in [4.69, 9.17) is 4.74 Å². The first-order chi connectivity index (χ1) is 14.2. The highest BCUT2D eigenvalue weighted by molar-refractivity contribution is 7.92. The highest BCUT2D eigenvalue weighted by Gasteiger charge is 2.21. The third-order valence-corrected chi connectivity index (χ3v) is 5.44. The van der Waals surface area contributed by atoms with Crippen LogP contribution in [0, 0.1) is 13.8 Å². The predicted octanol–water partition coefficient (Wildman–Crippen LogP) is 4.50. The van der Waals surface area contributed by atoms with Gasteiger partial charge in [0.1, 0.15) is 18.0 Å². The topological polar surface area (TPSA) is 75.7 Å². The molecule has 0 fully saturated rings. The van der Waals surface area contributed by atoms with E-state index in [1.165, 1.54) is 0 Å². The highest BCUT2D eigenvalue weighted by Crippen LogP contribution is 2.25. The van der Waals surface area contributed by atoms with Crippen molar-refractivity contribution >= 4 is 27.3 Å². The van der Waals surface area contributed by atoms with Gasteiger partial charge in [0.25, 0.3) is 0 Å². The number of rotatable bonds is 7. The van der Waals surface area contributed by atoms with Crippen LogP contribution in [0.2, 0.25) is 0 Å². The lowest BCUT2D eigenvalue weighted by molar-refractivity contribution is -0.114. The lowest BCUT2D eigenvalue weighted by atomic mass is 10.1. The molecular formula is C23H24N2O4S. The third-order valence-electron chi connectivity index (χ3n) is 4.30. The van der Waals surface area contributed by atoms with Crippen molar-refractivity contribution in [2.75, 3.05) is 22.4 Å². The van der Waals surface area contributed by atoms with Gasteiger partial charge in [-0.2, -0.15) is 0 Å². The quantitative estimate of drug-likeness (QED) is 0.606. The molecule has 0 saturated heterocycles.